The van der Waals surface area contributed by atoms with Crippen LogP contribution in [0, 0.1) is 11.8 Å². The Hall–Kier alpha value is -0.360. The Kier molecular flexibility index (Phi) is 5.98. The van der Waals surface area contributed by atoms with Gasteiger partial charge < -0.3 is 10.2 Å². The van der Waals surface area contributed by atoms with Crippen molar-refractivity contribution < 1.29 is 19.8 Å². The quantitative estimate of drug-likeness (QED) is 0.499. The third-order valence-electron chi connectivity index (χ3n) is 1.71. The Bertz CT molecular complexity index is 175. The highest BCUT2D eigenvalue weighted by Gasteiger charge is 2.24. The van der Waals surface area contributed by atoms with Crippen molar-refractivity contribution in [2.45, 2.75) is 6.42 Å². The Morgan fingerprint density at radius 2 is 1.31 bits per heavy atom. The van der Waals surface area contributed by atoms with E-state index in [1.54, 1.807) is 0 Å². The van der Waals surface area contributed by atoms with Gasteiger partial charge in [0.1, 0.15) is 0 Å². The smallest absolute Gasteiger partial charge is 0.307 e. The summed E-state index contributed by atoms with van der Waals surface area (Å²) in [6.45, 7) is 0. The van der Waals surface area contributed by atoms with E-state index in [1.807, 2.05) is 0 Å². The second-order valence-corrected chi connectivity index (χ2v) is 3.40. The van der Waals surface area contributed by atoms with Gasteiger partial charge in [0, 0.05) is 11.5 Å². The maximum atomic E-state index is 10.5. The van der Waals surface area contributed by atoms with Gasteiger partial charge in [0.15, 0.2) is 0 Å². The summed E-state index contributed by atoms with van der Waals surface area (Å²) in [5, 5.41) is 17.3. The van der Waals surface area contributed by atoms with E-state index < -0.39 is 23.8 Å². The molecule has 6 heteroatoms. The minimum atomic E-state index is -1.01. The van der Waals surface area contributed by atoms with Crippen molar-refractivity contribution >= 4 is 37.2 Å². The topological polar surface area (TPSA) is 74.6 Å². The van der Waals surface area contributed by atoms with Gasteiger partial charge in [-0.2, -0.15) is 25.3 Å². The van der Waals surface area contributed by atoms with E-state index in [0.717, 1.165) is 0 Å². The van der Waals surface area contributed by atoms with Crippen molar-refractivity contribution in [3.8, 4) is 0 Å². The zero-order valence-corrected chi connectivity index (χ0v) is 8.67. The molecule has 0 unspecified atom stereocenters. The molecule has 2 atom stereocenters. The van der Waals surface area contributed by atoms with Crippen LogP contribution in [0.4, 0.5) is 0 Å². The van der Waals surface area contributed by atoms with E-state index in [2.05, 4.69) is 25.3 Å². The summed E-state index contributed by atoms with van der Waals surface area (Å²) in [4.78, 5) is 21.1. The van der Waals surface area contributed by atoms with Crippen LogP contribution in [0.25, 0.3) is 0 Å². The maximum absolute atomic E-state index is 10.5. The van der Waals surface area contributed by atoms with Gasteiger partial charge in [-0.15, -0.1) is 0 Å². The SMILES string of the molecule is O=C(O)[C@H](CS)C[C@H](CS)C(=O)O. The molecule has 0 aromatic heterocycles. The summed E-state index contributed by atoms with van der Waals surface area (Å²) in [5.74, 6) is -3.15. The summed E-state index contributed by atoms with van der Waals surface area (Å²) in [6, 6.07) is 0. The Labute approximate surface area is 87.2 Å². The molecule has 4 nitrogen and oxygen atoms in total. The first kappa shape index (κ1) is 12.6. The first-order chi connectivity index (χ1) is 6.02. The van der Waals surface area contributed by atoms with Gasteiger partial charge in [0.25, 0.3) is 0 Å². The molecule has 0 saturated carbocycles. The van der Waals surface area contributed by atoms with E-state index in [4.69, 9.17) is 10.2 Å². The molecule has 0 aliphatic rings. The number of hydrogen-bond acceptors (Lipinski definition) is 4. The molecule has 0 rings (SSSR count). The third-order valence-corrected chi connectivity index (χ3v) is 2.59. The van der Waals surface area contributed by atoms with Gasteiger partial charge >= 0.3 is 11.9 Å². The molecule has 2 N–H and O–H groups in total. The van der Waals surface area contributed by atoms with Gasteiger partial charge in [-0.3, -0.25) is 9.59 Å². The number of carboxylic acid groups (broad SMARTS) is 2. The van der Waals surface area contributed by atoms with E-state index in [-0.39, 0.29) is 17.9 Å². The highest BCUT2D eigenvalue weighted by atomic mass is 32.1. The third kappa shape index (κ3) is 4.42. The van der Waals surface area contributed by atoms with Crippen molar-refractivity contribution in [3.05, 3.63) is 0 Å². The van der Waals surface area contributed by atoms with E-state index in [9.17, 15) is 9.59 Å². The van der Waals surface area contributed by atoms with Crippen LogP contribution in [0.2, 0.25) is 0 Å². The van der Waals surface area contributed by atoms with Crippen molar-refractivity contribution in [2.24, 2.45) is 11.8 Å². The van der Waals surface area contributed by atoms with Gasteiger partial charge in [-0.25, -0.2) is 0 Å². The number of rotatable bonds is 6. The lowest BCUT2D eigenvalue weighted by Crippen LogP contribution is -2.25. The number of hydrogen-bond donors (Lipinski definition) is 4. The predicted octanol–water partition coefficient (Wildman–Crippen LogP) is 0.638. The number of thiol groups is 2. The molecule has 0 spiro atoms. The van der Waals surface area contributed by atoms with E-state index >= 15 is 0 Å². The van der Waals surface area contributed by atoms with Crippen molar-refractivity contribution in [1.82, 2.24) is 0 Å². The molecular weight excluding hydrogens is 212 g/mol. The minimum absolute atomic E-state index is 0.0810. The van der Waals surface area contributed by atoms with Gasteiger partial charge in [-0.1, -0.05) is 0 Å². The standard InChI is InChI=1S/C7H12O4S2/c8-6(9)4(2-12)1-5(3-13)7(10)11/h4-5,12-13H,1-3H2,(H,8,9)(H,10,11)/t4-,5+. The fourth-order valence-corrected chi connectivity index (χ4v) is 1.46. The summed E-state index contributed by atoms with van der Waals surface area (Å²) < 4.78 is 0. The van der Waals surface area contributed by atoms with Gasteiger partial charge in [-0.05, 0) is 6.42 Å². The second kappa shape index (κ2) is 6.15. The molecule has 0 bridgehead atoms. The summed E-state index contributed by atoms with van der Waals surface area (Å²) in [6.07, 6.45) is 0.0810. The van der Waals surface area contributed by atoms with Crippen LogP contribution in [-0.4, -0.2) is 33.7 Å². The highest BCUT2D eigenvalue weighted by Crippen LogP contribution is 2.15. The molecule has 0 saturated heterocycles. The van der Waals surface area contributed by atoms with Crippen molar-refractivity contribution in [2.75, 3.05) is 11.5 Å². The molecule has 0 amide bonds. The summed E-state index contributed by atoms with van der Waals surface area (Å²) >= 11 is 7.68. The first-order valence-electron chi connectivity index (χ1n) is 3.70. The molecule has 0 aliphatic heterocycles. The normalized spacial score (nSPS) is 14.9. The largest absolute Gasteiger partial charge is 0.481 e. The van der Waals surface area contributed by atoms with Crippen LogP contribution in [0.15, 0.2) is 0 Å². The predicted molar refractivity (Wildman–Crippen MR) is 54.6 cm³/mol. The molecule has 0 fully saturated rings. The van der Waals surface area contributed by atoms with Crippen molar-refractivity contribution in [1.29, 1.82) is 0 Å². The molecule has 13 heavy (non-hydrogen) atoms. The van der Waals surface area contributed by atoms with Crippen LogP contribution in [0.5, 0.6) is 0 Å². The number of aliphatic carboxylic acids is 2. The Morgan fingerprint density at radius 3 is 1.46 bits per heavy atom. The van der Waals surface area contributed by atoms with Crippen LogP contribution in [0.1, 0.15) is 6.42 Å². The second-order valence-electron chi connectivity index (χ2n) is 2.67. The van der Waals surface area contributed by atoms with Crippen LogP contribution in [-0.2, 0) is 9.59 Å². The molecular formula is C7H12O4S2. The average Bonchev–Trinajstić information content (AvgIpc) is 2.05. The van der Waals surface area contributed by atoms with Crippen LogP contribution < -0.4 is 0 Å². The highest BCUT2D eigenvalue weighted by molar-refractivity contribution is 7.80. The van der Waals surface area contributed by atoms with E-state index in [1.165, 1.54) is 0 Å². The lowest BCUT2D eigenvalue weighted by molar-refractivity contribution is -0.144. The van der Waals surface area contributed by atoms with Gasteiger partial charge in [0.2, 0.25) is 0 Å². The zero-order valence-electron chi connectivity index (χ0n) is 6.88. The summed E-state index contributed by atoms with van der Waals surface area (Å²) in [7, 11) is 0. The molecule has 76 valence electrons. The fraction of sp³-hybridized carbons (Fsp3) is 0.714. The lowest BCUT2D eigenvalue weighted by Gasteiger charge is -2.13. The fourth-order valence-electron chi connectivity index (χ4n) is 0.850. The Morgan fingerprint density at radius 1 is 1.00 bits per heavy atom. The number of carbonyl (C=O) groups is 2. The average molecular weight is 224 g/mol. The molecule has 0 aliphatic carbocycles. The van der Waals surface area contributed by atoms with E-state index in [0.29, 0.717) is 0 Å². The molecule has 0 aromatic carbocycles. The van der Waals surface area contributed by atoms with Crippen LogP contribution >= 0.6 is 25.3 Å². The van der Waals surface area contributed by atoms with Gasteiger partial charge in [0.05, 0.1) is 11.8 Å². The maximum Gasteiger partial charge on any atom is 0.307 e. The minimum Gasteiger partial charge on any atom is -0.481 e. The monoisotopic (exact) mass is 224 g/mol. The number of carboxylic acids is 2. The van der Waals surface area contributed by atoms with Crippen LogP contribution in [0.3, 0.4) is 0 Å². The molecule has 0 heterocycles. The van der Waals surface area contributed by atoms with Crippen molar-refractivity contribution in [3.63, 3.8) is 0 Å². The zero-order chi connectivity index (χ0) is 10.4. The summed E-state index contributed by atoms with van der Waals surface area (Å²) in [5.41, 5.74) is 0. The molecule has 0 aromatic rings. The first-order valence-corrected chi connectivity index (χ1v) is 4.96. The lowest BCUT2D eigenvalue weighted by atomic mass is 9.97. The Balaban J connectivity index is 4.19. The molecule has 0 radical (unpaired) electrons.